The summed E-state index contributed by atoms with van der Waals surface area (Å²) >= 11 is 0. The molecule has 0 saturated carbocycles. The van der Waals surface area contributed by atoms with E-state index in [0.29, 0.717) is 17.9 Å². The fraction of sp³-hybridized carbons (Fsp3) is 0.143. The van der Waals surface area contributed by atoms with Crippen LogP contribution in [0.25, 0.3) is 0 Å². The first-order chi connectivity index (χ1) is 10.1. The Morgan fingerprint density at radius 3 is 2.48 bits per heavy atom. The molecule has 21 heavy (non-hydrogen) atoms. The molecule has 1 amide bonds. The van der Waals surface area contributed by atoms with Crippen LogP contribution in [0.1, 0.15) is 27.8 Å². The topological polar surface area (TPSA) is 101 Å². The average Bonchev–Trinajstić information content (AvgIpc) is 2.49. The monoisotopic (exact) mass is 287 g/mol. The molecule has 0 bridgehead atoms. The first-order valence-corrected chi connectivity index (χ1v) is 6.24. The third kappa shape index (κ3) is 3.75. The molecule has 108 valence electrons. The molecule has 0 atom stereocenters. The van der Waals surface area contributed by atoms with Gasteiger partial charge in [0.05, 0.1) is 12.2 Å². The van der Waals surface area contributed by atoms with Crippen molar-refractivity contribution >= 4 is 17.6 Å². The number of H-pyrrole nitrogens is 1. The zero-order valence-electron chi connectivity index (χ0n) is 11.3. The predicted octanol–water partition coefficient (Wildman–Crippen LogP) is 1.20. The molecule has 7 nitrogen and oxygen atoms in total. The Morgan fingerprint density at radius 2 is 1.90 bits per heavy atom. The molecule has 7 heteroatoms. The second-order valence-corrected chi connectivity index (χ2v) is 4.06. The Morgan fingerprint density at radius 1 is 1.19 bits per heavy atom. The standard InChI is InChI=1S/C14H13N3O4/c1-2-21-14(20)9-3-5-10(6-4-9)15-13(19)11-7-8-12(18)17-16-11/h3-8H,2H2,1H3,(H,15,19)(H,17,18). The average molecular weight is 287 g/mol. The number of aromatic amines is 1. The first kappa shape index (κ1) is 14.4. The number of nitrogens with one attached hydrogen (secondary N) is 2. The van der Waals surface area contributed by atoms with Gasteiger partial charge in [-0.05, 0) is 37.3 Å². The van der Waals surface area contributed by atoms with Crippen LogP contribution in [0.2, 0.25) is 0 Å². The molecule has 1 aromatic carbocycles. The van der Waals surface area contributed by atoms with Crippen LogP contribution in [0.4, 0.5) is 5.69 Å². The third-order valence-electron chi connectivity index (χ3n) is 2.57. The molecule has 0 spiro atoms. The summed E-state index contributed by atoms with van der Waals surface area (Å²) < 4.78 is 4.86. The largest absolute Gasteiger partial charge is 0.462 e. The number of hydrogen-bond acceptors (Lipinski definition) is 5. The SMILES string of the molecule is CCOC(=O)c1ccc(NC(=O)c2ccc(=O)[nH]n2)cc1. The lowest BCUT2D eigenvalue weighted by Gasteiger charge is -2.05. The van der Waals surface area contributed by atoms with Crippen molar-refractivity contribution in [1.29, 1.82) is 0 Å². The highest BCUT2D eigenvalue weighted by Crippen LogP contribution is 2.11. The molecular formula is C14H13N3O4. The number of carbonyl (C=O) groups is 2. The van der Waals surface area contributed by atoms with Gasteiger partial charge in [0.15, 0.2) is 0 Å². The fourth-order valence-corrected chi connectivity index (χ4v) is 1.57. The summed E-state index contributed by atoms with van der Waals surface area (Å²) in [6.45, 7) is 2.03. The molecule has 0 fully saturated rings. The highest BCUT2D eigenvalue weighted by molar-refractivity contribution is 6.02. The van der Waals surface area contributed by atoms with Gasteiger partial charge in [-0.2, -0.15) is 5.10 Å². The Kier molecular flexibility index (Phi) is 4.45. The molecule has 0 radical (unpaired) electrons. The van der Waals surface area contributed by atoms with Crippen LogP contribution in [-0.4, -0.2) is 28.7 Å². The van der Waals surface area contributed by atoms with Crippen molar-refractivity contribution in [3.63, 3.8) is 0 Å². The van der Waals surface area contributed by atoms with Crippen molar-refractivity contribution in [2.45, 2.75) is 6.92 Å². The number of benzene rings is 1. The van der Waals surface area contributed by atoms with Gasteiger partial charge in [0.25, 0.3) is 11.5 Å². The van der Waals surface area contributed by atoms with Crippen LogP contribution in [0.3, 0.4) is 0 Å². The summed E-state index contributed by atoms with van der Waals surface area (Å²) in [5.41, 5.74) is 0.604. The van der Waals surface area contributed by atoms with Crippen molar-refractivity contribution in [3.05, 3.63) is 58.0 Å². The molecule has 1 aromatic heterocycles. The van der Waals surface area contributed by atoms with Crippen LogP contribution < -0.4 is 10.9 Å². The van der Waals surface area contributed by atoms with E-state index < -0.39 is 11.9 Å². The molecule has 2 N–H and O–H groups in total. The van der Waals surface area contributed by atoms with Gasteiger partial charge in [-0.25, -0.2) is 9.89 Å². The molecule has 1 heterocycles. The lowest BCUT2D eigenvalue weighted by molar-refractivity contribution is 0.0526. The van der Waals surface area contributed by atoms with Gasteiger partial charge < -0.3 is 10.1 Å². The van der Waals surface area contributed by atoms with E-state index in [1.807, 2.05) is 0 Å². The molecule has 0 unspecified atom stereocenters. The summed E-state index contributed by atoms with van der Waals surface area (Å²) in [4.78, 5) is 34.2. The van der Waals surface area contributed by atoms with E-state index in [0.717, 1.165) is 0 Å². The maximum Gasteiger partial charge on any atom is 0.338 e. The highest BCUT2D eigenvalue weighted by atomic mass is 16.5. The van der Waals surface area contributed by atoms with E-state index in [9.17, 15) is 14.4 Å². The van der Waals surface area contributed by atoms with E-state index >= 15 is 0 Å². The summed E-state index contributed by atoms with van der Waals surface area (Å²) in [6.07, 6.45) is 0. The van der Waals surface area contributed by atoms with Crippen LogP contribution in [0.5, 0.6) is 0 Å². The molecule has 0 aliphatic rings. The van der Waals surface area contributed by atoms with Gasteiger partial charge in [-0.3, -0.25) is 9.59 Å². The van der Waals surface area contributed by atoms with Gasteiger partial charge >= 0.3 is 5.97 Å². The van der Waals surface area contributed by atoms with Gasteiger partial charge in [-0.1, -0.05) is 0 Å². The van der Waals surface area contributed by atoms with E-state index in [2.05, 4.69) is 15.5 Å². The van der Waals surface area contributed by atoms with Gasteiger partial charge in [0, 0.05) is 11.8 Å². The lowest BCUT2D eigenvalue weighted by Crippen LogP contribution is -2.17. The summed E-state index contributed by atoms with van der Waals surface area (Å²) in [6, 6.07) is 8.79. The highest BCUT2D eigenvalue weighted by Gasteiger charge is 2.09. The molecule has 0 aliphatic heterocycles. The number of carbonyl (C=O) groups excluding carboxylic acids is 2. The number of ether oxygens (including phenoxy) is 1. The Balaban J connectivity index is 2.06. The minimum atomic E-state index is -0.463. The number of amides is 1. The van der Waals surface area contributed by atoms with Crippen LogP contribution >= 0.6 is 0 Å². The summed E-state index contributed by atoms with van der Waals surface area (Å²) in [7, 11) is 0. The van der Waals surface area contributed by atoms with Crippen molar-refractivity contribution in [2.75, 3.05) is 11.9 Å². The number of anilines is 1. The Bertz CT molecular complexity index is 686. The van der Waals surface area contributed by atoms with Crippen LogP contribution in [0.15, 0.2) is 41.2 Å². The van der Waals surface area contributed by atoms with Crippen molar-refractivity contribution in [2.24, 2.45) is 0 Å². The smallest absolute Gasteiger partial charge is 0.338 e. The first-order valence-electron chi connectivity index (χ1n) is 6.24. The second-order valence-electron chi connectivity index (χ2n) is 4.06. The quantitative estimate of drug-likeness (QED) is 0.823. The van der Waals surface area contributed by atoms with Gasteiger partial charge in [0.2, 0.25) is 0 Å². The molecule has 2 aromatic rings. The van der Waals surface area contributed by atoms with Gasteiger partial charge in [0.1, 0.15) is 5.69 Å². The zero-order chi connectivity index (χ0) is 15.2. The van der Waals surface area contributed by atoms with E-state index in [4.69, 9.17) is 4.74 Å². The maximum atomic E-state index is 11.9. The normalized spacial score (nSPS) is 9.95. The number of aromatic nitrogens is 2. The second kappa shape index (κ2) is 6.47. The number of rotatable bonds is 4. The maximum absolute atomic E-state index is 11.9. The molecule has 2 rings (SSSR count). The number of esters is 1. The van der Waals surface area contributed by atoms with Crippen LogP contribution in [-0.2, 0) is 4.74 Å². The fourth-order valence-electron chi connectivity index (χ4n) is 1.57. The summed E-state index contributed by atoms with van der Waals surface area (Å²) in [5, 5.41) is 8.40. The minimum absolute atomic E-state index is 0.0871. The zero-order valence-corrected chi connectivity index (χ0v) is 11.3. The van der Waals surface area contributed by atoms with E-state index in [1.165, 1.54) is 12.1 Å². The Labute approximate surface area is 120 Å². The van der Waals surface area contributed by atoms with E-state index in [-0.39, 0.29) is 11.3 Å². The molecule has 0 saturated heterocycles. The summed E-state index contributed by atoms with van der Waals surface area (Å²) in [5.74, 6) is -0.882. The Hall–Kier alpha value is -2.96. The van der Waals surface area contributed by atoms with Crippen molar-refractivity contribution < 1.29 is 14.3 Å². The van der Waals surface area contributed by atoms with E-state index in [1.54, 1.807) is 31.2 Å². The van der Waals surface area contributed by atoms with Crippen molar-refractivity contribution in [1.82, 2.24) is 10.2 Å². The van der Waals surface area contributed by atoms with Crippen molar-refractivity contribution in [3.8, 4) is 0 Å². The van der Waals surface area contributed by atoms with Crippen LogP contribution in [0, 0.1) is 0 Å². The van der Waals surface area contributed by atoms with Gasteiger partial charge in [-0.15, -0.1) is 0 Å². The molecule has 0 aliphatic carbocycles. The third-order valence-corrected chi connectivity index (χ3v) is 2.57. The minimum Gasteiger partial charge on any atom is -0.462 e. The number of nitrogens with zero attached hydrogens (tertiary/aromatic N) is 1. The number of hydrogen-bond donors (Lipinski definition) is 2. The lowest BCUT2D eigenvalue weighted by atomic mass is 10.2. The predicted molar refractivity (Wildman–Crippen MR) is 75.2 cm³/mol. The molecular weight excluding hydrogens is 274 g/mol.